The fraction of sp³-hybridized carbons (Fsp3) is 0. The zero-order valence-corrected chi connectivity index (χ0v) is 8.08. The molecule has 0 aromatic heterocycles. The first-order valence-electron chi connectivity index (χ1n) is 3.83. The first-order valence-corrected chi connectivity index (χ1v) is 4.21. The molecular formula is C10H4ClFNO2-. The second-order valence-electron chi connectivity index (χ2n) is 2.59. The number of carboxylic acid groups (broad SMARTS) is 1. The maximum atomic E-state index is 13.2. The molecule has 5 heteroatoms. The van der Waals surface area contributed by atoms with Gasteiger partial charge in [-0.15, -0.1) is 0 Å². The van der Waals surface area contributed by atoms with Crippen molar-refractivity contribution in [1.29, 1.82) is 5.26 Å². The van der Waals surface area contributed by atoms with E-state index in [-0.39, 0.29) is 10.6 Å². The van der Waals surface area contributed by atoms with Gasteiger partial charge < -0.3 is 9.90 Å². The average molecular weight is 225 g/mol. The number of carboxylic acids is 1. The summed E-state index contributed by atoms with van der Waals surface area (Å²) in [6.07, 6.45) is 0.840. The van der Waals surface area contributed by atoms with E-state index in [1.807, 2.05) is 0 Å². The highest BCUT2D eigenvalue weighted by Gasteiger charge is 2.06. The Morgan fingerprint density at radius 3 is 2.73 bits per heavy atom. The van der Waals surface area contributed by atoms with Crippen LogP contribution in [0.5, 0.6) is 0 Å². The van der Waals surface area contributed by atoms with E-state index in [1.165, 1.54) is 18.2 Å². The van der Waals surface area contributed by atoms with Crippen molar-refractivity contribution in [2.75, 3.05) is 0 Å². The second kappa shape index (κ2) is 4.58. The quantitative estimate of drug-likeness (QED) is 0.559. The summed E-state index contributed by atoms with van der Waals surface area (Å²) in [5.74, 6) is -2.37. The predicted octanol–water partition coefficient (Wildman–Crippen LogP) is 1.14. The van der Waals surface area contributed by atoms with Crippen molar-refractivity contribution >= 4 is 23.6 Å². The van der Waals surface area contributed by atoms with E-state index in [0.717, 1.165) is 12.1 Å². The van der Waals surface area contributed by atoms with Crippen LogP contribution in [0.4, 0.5) is 4.39 Å². The van der Waals surface area contributed by atoms with Gasteiger partial charge in [-0.05, 0) is 18.2 Å². The molecule has 1 rings (SSSR count). The summed E-state index contributed by atoms with van der Waals surface area (Å²) in [6.45, 7) is 0. The number of rotatable bonds is 2. The van der Waals surface area contributed by atoms with Crippen LogP contribution in [0.15, 0.2) is 23.8 Å². The van der Waals surface area contributed by atoms with Crippen LogP contribution >= 0.6 is 11.6 Å². The summed E-state index contributed by atoms with van der Waals surface area (Å²) in [4.78, 5) is 10.4. The first kappa shape index (κ1) is 11.2. The van der Waals surface area contributed by atoms with Crippen LogP contribution in [0.2, 0.25) is 5.02 Å². The lowest BCUT2D eigenvalue weighted by Gasteiger charge is -2.02. The Hall–Kier alpha value is -1.86. The largest absolute Gasteiger partial charge is 0.544 e. The van der Waals surface area contributed by atoms with Crippen molar-refractivity contribution in [3.63, 3.8) is 0 Å². The van der Waals surface area contributed by atoms with Crippen LogP contribution < -0.4 is 5.11 Å². The van der Waals surface area contributed by atoms with Crippen molar-refractivity contribution in [3.05, 3.63) is 40.2 Å². The van der Waals surface area contributed by atoms with Gasteiger partial charge in [0.2, 0.25) is 0 Å². The Labute approximate surface area is 90.0 Å². The summed E-state index contributed by atoms with van der Waals surface area (Å²) in [5, 5.41) is 18.9. The van der Waals surface area contributed by atoms with Crippen LogP contribution in [0.1, 0.15) is 5.56 Å². The highest BCUT2D eigenvalue weighted by atomic mass is 35.5. The second-order valence-corrected chi connectivity index (χ2v) is 3.00. The van der Waals surface area contributed by atoms with Gasteiger partial charge in [0.1, 0.15) is 11.9 Å². The Bertz CT molecular complexity index is 457. The fourth-order valence-corrected chi connectivity index (χ4v) is 1.15. The lowest BCUT2D eigenvalue weighted by molar-refractivity contribution is -0.298. The number of halogens is 2. The van der Waals surface area contributed by atoms with Crippen LogP contribution in [0, 0.1) is 17.1 Å². The topological polar surface area (TPSA) is 63.9 Å². The molecule has 0 radical (unpaired) electrons. The molecule has 0 spiro atoms. The van der Waals surface area contributed by atoms with Crippen LogP contribution in [0.3, 0.4) is 0 Å². The number of aliphatic carboxylic acids is 1. The third kappa shape index (κ3) is 2.55. The molecule has 0 unspecified atom stereocenters. The van der Waals surface area contributed by atoms with Gasteiger partial charge in [0.15, 0.2) is 0 Å². The van der Waals surface area contributed by atoms with Gasteiger partial charge >= 0.3 is 0 Å². The van der Waals surface area contributed by atoms with Gasteiger partial charge in [-0.2, -0.15) is 5.26 Å². The maximum Gasteiger partial charge on any atom is 0.131 e. The van der Waals surface area contributed by atoms with Crippen LogP contribution in [0.25, 0.3) is 6.08 Å². The Balaban J connectivity index is 3.30. The molecule has 0 bridgehead atoms. The van der Waals surface area contributed by atoms with Crippen molar-refractivity contribution < 1.29 is 14.3 Å². The fourth-order valence-electron chi connectivity index (χ4n) is 0.930. The zero-order valence-electron chi connectivity index (χ0n) is 7.33. The molecule has 0 N–H and O–H groups in total. The number of hydrogen-bond donors (Lipinski definition) is 0. The predicted molar refractivity (Wildman–Crippen MR) is 50.0 cm³/mol. The Morgan fingerprint density at radius 1 is 1.60 bits per heavy atom. The minimum atomic E-state index is -1.67. The minimum Gasteiger partial charge on any atom is -0.544 e. The summed E-state index contributed by atoms with van der Waals surface area (Å²) >= 11 is 5.63. The molecule has 15 heavy (non-hydrogen) atoms. The monoisotopic (exact) mass is 224 g/mol. The van der Waals surface area contributed by atoms with Gasteiger partial charge in [0, 0.05) is 5.56 Å². The van der Waals surface area contributed by atoms with E-state index >= 15 is 0 Å². The van der Waals surface area contributed by atoms with Crippen molar-refractivity contribution in [1.82, 2.24) is 0 Å². The number of hydrogen-bond acceptors (Lipinski definition) is 3. The van der Waals surface area contributed by atoms with Crippen molar-refractivity contribution in [3.8, 4) is 6.07 Å². The molecule has 0 atom stereocenters. The Kier molecular flexibility index (Phi) is 3.42. The van der Waals surface area contributed by atoms with Crippen molar-refractivity contribution in [2.24, 2.45) is 0 Å². The van der Waals surface area contributed by atoms with Gasteiger partial charge in [-0.25, -0.2) is 4.39 Å². The molecule has 0 aliphatic carbocycles. The van der Waals surface area contributed by atoms with E-state index in [0.29, 0.717) is 0 Å². The number of benzene rings is 1. The van der Waals surface area contributed by atoms with E-state index in [9.17, 15) is 14.3 Å². The van der Waals surface area contributed by atoms with Crippen LogP contribution in [-0.4, -0.2) is 5.97 Å². The summed E-state index contributed by atoms with van der Waals surface area (Å²) in [5.41, 5.74) is -0.818. The highest BCUT2D eigenvalue weighted by Crippen LogP contribution is 2.21. The summed E-state index contributed by atoms with van der Waals surface area (Å²) < 4.78 is 13.2. The molecule has 3 nitrogen and oxygen atoms in total. The normalized spacial score (nSPS) is 10.9. The van der Waals surface area contributed by atoms with Crippen molar-refractivity contribution in [2.45, 2.75) is 0 Å². The lowest BCUT2D eigenvalue weighted by Crippen LogP contribution is -2.23. The SMILES string of the molecule is N#C/C(=C\c1c(F)cccc1Cl)C(=O)[O-]. The molecule has 0 fully saturated rings. The average Bonchev–Trinajstić information content (AvgIpc) is 2.17. The molecule has 1 aromatic rings. The standard InChI is InChI=1S/C10H5ClFNO2/c11-8-2-1-3-9(12)7(8)4-6(5-13)10(14)15/h1-4H,(H,14,15)/p-1/b6-4+. The van der Waals surface area contributed by atoms with Gasteiger partial charge in [0.05, 0.1) is 16.6 Å². The molecule has 0 aliphatic rings. The molecule has 76 valence electrons. The van der Waals surface area contributed by atoms with Gasteiger partial charge in [-0.1, -0.05) is 17.7 Å². The summed E-state index contributed by atoms with van der Waals surface area (Å²) in [6, 6.07) is 5.26. The minimum absolute atomic E-state index is 0.0315. The molecule has 0 heterocycles. The molecule has 0 aliphatic heterocycles. The molecular weight excluding hydrogens is 221 g/mol. The molecule has 0 saturated carbocycles. The zero-order chi connectivity index (χ0) is 11.4. The summed E-state index contributed by atoms with van der Waals surface area (Å²) in [7, 11) is 0. The number of nitrogens with zero attached hydrogens (tertiary/aromatic N) is 1. The van der Waals surface area contributed by atoms with Crippen LogP contribution in [-0.2, 0) is 4.79 Å². The number of carbonyl (C=O) groups is 1. The third-order valence-electron chi connectivity index (χ3n) is 1.63. The van der Waals surface area contributed by atoms with Gasteiger partial charge in [-0.3, -0.25) is 0 Å². The maximum absolute atomic E-state index is 13.2. The van der Waals surface area contributed by atoms with Gasteiger partial charge in [0.25, 0.3) is 0 Å². The third-order valence-corrected chi connectivity index (χ3v) is 1.96. The number of nitriles is 1. The molecule has 0 saturated heterocycles. The Morgan fingerprint density at radius 2 is 2.27 bits per heavy atom. The molecule has 1 aromatic carbocycles. The first-order chi connectivity index (χ1) is 7.06. The van der Waals surface area contributed by atoms with E-state index in [1.54, 1.807) is 0 Å². The van der Waals surface area contributed by atoms with E-state index in [4.69, 9.17) is 16.9 Å². The van der Waals surface area contributed by atoms with E-state index in [2.05, 4.69) is 0 Å². The number of carbonyl (C=O) groups excluding carboxylic acids is 1. The smallest absolute Gasteiger partial charge is 0.131 e. The van der Waals surface area contributed by atoms with E-state index < -0.39 is 17.4 Å². The molecule has 0 amide bonds. The highest BCUT2D eigenvalue weighted by molar-refractivity contribution is 6.32. The lowest BCUT2D eigenvalue weighted by atomic mass is 10.1.